The fourth-order valence-electron chi connectivity index (χ4n) is 4.04. The van der Waals surface area contributed by atoms with Gasteiger partial charge < -0.3 is 19.7 Å². The second kappa shape index (κ2) is 14.2. The summed E-state index contributed by atoms with van der Waals surface area (Å²) in [5.74, 6) is -0.277. The fraction of sp³-hybridized carbons (Fsp3) is 0.310. The topological polar surface area (TPSA) is 105 Å². The van der Waals surface area contributed by atoms with Crippen molar-refractivity contribution in [2.75, 3.05) is 31.6 Å². The van der Waals surface area contributed by atoms with Crippen LogP contribution in [0.25, 0.3) is 0 Å². The van der Waals surface area contributed by atoms with Gasteiger partial charge in [0.05, 0.1) is 24.8 Å². The molecule has 3 aromatic rings. The number of halogens is 1. The molecular weight excluding hydrogens is 598 g/mol. The lowest BCUT2D eigenvalue weighted by molar-refractivity contribution is -0.139. The number of ether oxygens (including phenoxy) is 2. The second-order valence-electron chi connectivity index (χ2n) is 8.98. The van der Waals surface area contributed by atoms with Gasteiger partial charge in [-0.05, 0) is 55.3 Å². The molecule has 0 aliphatic rings. The number of methoxy groups -OCH3 is 2. The van der Waals surface area contributed by atoms with Crippen LogP contribution in [-0.2, 0) is 26.2 Å². The Hall–Kier alpha value is -3.57. The quantitative estimate of drug-likeness (QED) is 0.295. The summed E-state index contributed by atoms with van der Waals surface area (Å²) in [5.41, 5.74) is 0.902. The summed E-state index contributed by atoms with van der Waals surface area (Å²) in [6.45, 7) is 3.53. The van der Waals surface area contributed by atoms with Crippen LogP contribution in [0.1, 0.15) is 25.8 Å². The van der Waals surface area contributed by atoms with Crippen molar-refractivity contribution in [3.8, 4) is 11.5 Å². The number of carbonyl (C=O) groups excluding carboxylic acids is 2. The molecule has 0 bridgehead atoms. The minimum absolute atomic E-state index is 0.0000461. The zero-order valence-electron chi connectivity index (χ0n) is 23.0. The third-order valence-corrected chi connectivity index (χ3v) is 8.49. The molecule has 0 radical (unpaired) electrons. The van der Waals surface area contributed by atoms with Gasteiger partial charge in [0.2, 0.25) is 11.8 Å². The fourth-order valence-corrected chi connectivity index (χ4v) is 5.92. The molecule has 214 valence electrons. The van der Waals surface area contributed by atoms with E-state index in [0.29, 0.717) is 12.3 Å². The molecule has 9 nitrogen and oxygen atoms in total. The van der Waals surface area contributed by atoms with Crippen molar-refractivity contribution >= 4 is 43.5 Å². The summed E-state index contributed by atoms with van der Waals surface area (Å²) in [7, 11) is -1.36. The molecule has 0 aromatic heterocycles. The largest absolute Gasteiger partial charge is 0.497 e. The number of anilines is 1. The first-order valence-corrected chi connectivity index (χ1v) is 15.0. The minimum atomic E-state index is -4.24. The number of carbonyl (C=O) groups is 2. The smallest absolute Gasteiger partial charge is 0.264 e. The van der Waals surface area contributed by atoms with Gasteiger partial charge >= 0.3 is 0 Å². The van der Waals surface area contributed by atoms with Crippen LogP contribution in [0.4, 0.5) is 5.69 Å². The SMILES string of the molecule is CCCNC(=O)C(C)N(Cc1cccc(Br)c1)C(=O)CN(c1cc(OC)ccc1OC)S(=O)(=O)c1ccccc1. The Kier molecular flexibility index (Phi) is 11.0. The van der Waals surface area contributed by atoms with Crippen LogP contribution in [0.5, 0.6) is 11.5 Å². The van der Waals surface area contributed by atoms with E-state index in [4.69, 9.17) is 9.47 Å². The number of hydrogen-bond donors (Lipinski definition) is 1. The first kappa shape index (κ1) is 31.0. The number of sulfonamides is 1. The van der Waals surface area contributed by atoms with Crippen molar-refractivity contribution in [1.82, 2.24) is 10.2 Å². The van der Waals surface area contributed by atoms with Crippen LogP contribution >= 0.6 is 15.9 Å². The van der Waals surface area contributed by atoms with Crippen molar-refractivity contribution in [2.45, 2.75) is 37.8 Å². The molecule has 40 heavy (non-hydrogen) atoms. The normalized spacial score (nSPS) is 11.8. The van der Waals surface area contributed by atoms with E-state index >= 15 is 0 Å². The van der Waals surface area contributed by atoms with Gasteiger partial charge in [0, 0.05) is 23.6 Å². The van der Waals surface area contributed by atoms with Gasteiger partial charge in [0.15, 0.2) is 0 Å². The van der Waals surface area contributed by atoms with E-state index in [2.05, 4.69) is 21.2 Å². The number of amides is 2. The van der Waals surface area contributed by atoms with E-state index in [-0.39, 0.29) is 28.8 Å². The highest BCUT2D eigenvalue weighted by molar-refractivity contribution is 9.10. The van der Waals surface area contributed by atoms with E-state index in [1.807, 2.05) is 31.2 Å². The maximum atomic E-state index is 14.0. The number of nitrogens with one attached hydrogen (secondary N) is 1. The van der Waals surface area contributed by atoms with Gasteiger partial charge in [-0.15, -0.1) is 0 Å². The summed E-state index contributed by atoms with van der Waals surface area (Å²) in [4.78, 5) is 28.4. The predicted octanol–water partition coefficient (Wildman–Crippen LogP) is 4.61. The molecule has 0 heterocycles. The molecule has 0 saturated carbocycles. The Balaban J connectivity index is 2.10. The Morgan fingerprint density at radius 3 is 2.33 bits per heavy atom. The van der Waals surface area contributed by atoms with Crippen molar-refractivity contribution in [3.63, 3.8) is 0 Å². The number of hydrogen-bond acceptors (Lipinski definition) is 6. The highest BCUT2D eigenvalue weighted by atomic mass is 79.9. The molecule has 0 fully saturated rings. The Bertz CT molecular complexity index is 1420. The van der Waals surface area contributed by atoms with Crippen LogP contribution in [-0.4, -0.2) is 58.5 Å². The Labute approximate surface area is 244 Å². The monoisotopic (exact) mass is 631 g/mol. The zero-order chi connectivity index (χ0) is 29.3. The number of nitrogens with zero attached hydrogens (tertiary/aromatic N) is 2. The summed E-state index contributed by atoms with van der Waals surface area (Å²) in [6.07, 6.45) is 0.733. The predicted molar refractivity (Wildman–Crippen MR) is 158 cm³/mol. The molecule has 3 rings (SSSR count). The molecule has 1 unspecified atom stereocenters. The molecule has 3 aromatic carbocycles. The van der Waals surface area contributed by atoms with E-state index < -0.39 is 28.5 Å². The van der Waals surface area contributed by atoms with Crippen molar-refractivity contribution < 1.29 is 27.5 Å². The van der Waals surface area contributed by atoms with Gasteiger partial charge in [-0.25, -0.2) is 8.42 Å². The molecule has 0 spiro atoms. The van der Waals surface area contributed by atoms with Crippen molar-refractivity contribution in [2.24, 2.45) is 0 Å². The van der Waals surface area contributed by atoms with Gasteiger partial charge in [0.1, 0.15) is 24.1 Å². The molecule has 1 atom stereocenters. The maximum Gasteiger partial charge on any atom is 0.264 e. The lowest BCUT2D eigenvalue weighted by Gasteiger charge is -2.32. The highest BCUT2D eigenvalue weighted by Crippen LogP contribution is 2.36. The third-order valence-electron chi connectivity index (χ3n) is 6.22. The average Bonchev–Trinajstić information content (AvgIpc) is 2.97. The Morgan fingerprint density at radius 2 is 1.70 bits per heavy atom. The van der Waals surface area contributed by atoms with E-state index in [0.717, 1.165) is 20.8 Å². The minimum Gasteiger partial charge on any atom is -0.497 e. The van der Waals surface area contributed by atoms with Gasteiger partial charge in [0.25, 0.3) is 10.0 Å². The van der Waals surface area contributed by atoms with Crippen LogP contribution < -0.4 is 19.1 Å². The lowest BCUT2D eigenvalue weighted by atomic mass is 10.1. The summed E-state index contributed by atoms with van der Waals surface area (Å²) >= 11 is 3.45. The van der Waals surface area contributed by atoms with E-state index in [9.17, 15) is 18.0 Å². The van der Waals surface area contributed by atoms with Crippen LogP contribution in [0.3, 0.4) is 0 Å². The van der Waals surface area contributed by atoms with E-state index in [1.54, 1.807) is 37.3 Å². The number of benzene rings is 3. The van der Waals surface area contributed by atoms with E-state index in [1.165, 1.54) is 37.3 Å². The summed E-state index contributed by atoms with van der Waals surface area (Å²) in [6, 6.07) is 19.1. The molecule has 0 aliphatic heterocycles. The number of rotatable bonds is 13. The molecule has 11 heteroatoms. The average molecular weight is 633 g/mol. The molecule has 1 N–H and O–H groups in total. The maximum absolute atomic E-state index is 14.0. The van der Waals surface area contributed by atoms with Crippen LogP contribution in [0.2, 0.25) is 0 Å². The molecule has 0 aliphatic carbocycles. The van der Waals surface area contributed by atoms with Crippen LogP contribution in [0, 0.1) is 0 Å². The van der Waals surface area contributed by atoms with Gasteiger partial charge in [-0.3, -0.25) is 13.9 Å². The third kappa shape index (κ3) is 7.54. The summed E-state index contributed by atoms with van der Waals surface area (Å²) < 4.78 is 40.6. The second-order valence-corrected chi connectivity index (χ2v) is 11.8. The first-order chi connectivity index (χ1) is 19.1. The van der Waals surface area contributed by atoms with Crippen molar-refractivity contribution in [3.05, 3.63) is 82.8 Å². The van der Waals surface area contributed by atoms with Crippen LogP contribution in [0.15, 0.2) is 82.2 Å². The zero-order valence-corrected chi connectivity index (χ0v) is 25.4. The standard InChI is InChI=1S/C29H34BrN3O6S/c1-5-16-31-29(35)21(2)32(19-22-10-9-11-23(30)17-22)28(34)20-33(40(36,37)25-12-7-6-8-13-25)26-18-24(38-3)14-15-27(26)39-4/h6-15,17-18,21H,5,16,19-20H2,1-4H3,(H,31,35). The molecule has 2 amide bonds. The first-order valence-electron chi connectivity index (χ1n) is 12.7. The highest BCUT2D eigenvalue weighted by Gasteiger charge is 2.34. The lowest BCUT2D eigenvalue weighted by Crippen LogP contribution is -2.51. The molecule has 0 saturated heterocycles. The van der Waals surface area contributed by atoms with Gasteiger partial charge in [-0.1, -0.05) is 53.2 Å². The Morgan fingerprint density at radius 1 is 0.975 bits per heavy atom. The van der Waals surface area contributed by atoms with Crippen molar-refractivity contribution in [1.29, 1.82) is 0 Å². The molecular formula is C29H34BrN3O6S. The summed E-state index contributed by atoms with van der Waals surface area (Å²) in [5, 5.41) is 2.83. The van der Waals surface area contributed by atoms with Gasteiger partial charge in [-0.2, -0.15) is 0 Å².